The van der Waals surface area contributed by atoms with Gasteiger partial charge in [0.1, 0.15) is 21.6 Å². The number of aromatic nitrogens is 2. The third-order valence-corrected chi connectivity index (χ3v) is 7.49. The van der Waals surface area contributed by atoms with Crippen molar-refractivity contribution in [1.82, 2.24) is 9.97 Å². The Bertz CT molecular complexity index is 1370. The van der Waals surface area contributed by atoms with Gasteiger partial charge in [0.2, 0.25) is 0 Å². The number of aliphatic hydroxyl groups excluding tert-OH is 1. The quantitative estimate of drug-likeness (QED) is 0.336. The molecule has 12 heteroatoms. The highest BCUT2D eigenvalue weighted by Crippen LogP contribution is 2.39. The average Bonchev–Trinajstić information content (AvgIpc) is 3.42. The largest absolute Gasteiger partial charge is 0.391 e. The smallest absolute Gasteiger partial charge is 0.277 e. The predicted molar refractivity (Wildman–Crippen MR) is 130 cm³/mol. The van der Waals surface area contributed by atoms with Crippen LogP contribution in [0, 0.1) is 11.6 Å². The fourth-order valence-electron chi connectivity index (χ4n) is 3.96. The highest BCUT2D eigenvalue weighted by Gasteiger charge is 2.29. The maximum atomic E-state index is 14.2. The lowest BCUT2D eigenvalue weighted by molar-refractivity contribution is 0.102. The highest BCUT2D eigenvalue weighted by atomic mass is 32.1. The van der Waals surface area contributed by atoms with Gasteiger partial charge >= 0.3 is 0 Å². The molecule has 4 heterocycles. The van der Waals surface area contributed by atoms with Gasteiger partial charge in [-0.15, -0.1) is 11.3 Å². The zero-order valence-corrected chi connectivity index (χ0v) is 19.3. The van der Waals surface area contributed by atoms with E-state index in [-0.39, 0.29) is 21.3 Å². The van der Waals surface area contributed by atoms with E-state index in [1.807, 2.05) is 16.3 Å². The average molecular weight is 503 g/mol. The summed E-state index contributed by atoms with van der Waals surface area (Å²) >= 11 is 2.30. The first-order valence-electron chi connectivity index (χ1n) is 10.4. The summed E-state index contributed by atoms with van der Waals surface area (Å²) in [6.45, 7) is 0.945. The fraction of sp³-hybridized carbons (Fsp3) is 0.227. The van der Waals surface area contributed by atoms with E-state index in [0.717, 1.165) is 39.4 Å². The van der Waals surface area contributed by atoms with Gasteiger partial charge in [0.25, 0.3) is 5.91 Å². The minimum absolute atomic E-state index is 0.0266. The van der Waals surface area contributed by atoms with Crippen LogP contribution in [0.25, 0.3) is 20.8 Å². The van der Waals surface area contributed by atoms with E-state index in [9.17, 15) is 18.7 Å². The van der Waals surface area contributed by atoms with Crippen LogP contribution in [0.5, 0.6) is 0 Å². The van der Waals surface area contributed by atoms with Crippen molar-refractivity contribution in [2.75, 3.05) is 29.0 Å². The number of thiophene rings is 1. The van der Waals surface area contributed by atoms with Gasteiger partial charge in [-0.3, -0.25) is 9.78 Å². The molecule has 3 aromatic heterocycles. The Kier molecular flexibility index (Phi) is 5.90. The standard InChI is InChI=1S/C22H20F2N6O2S2/c23-10-2-1-3-11(24)16(10)22-29-17(20(26)34-22)21(32)28-14-8-27-13-5-7-33-19(13)18(14)30-6-4-15(31)12(25)9-30/h1-3,5,7-8,12,15,31H,4,6,9,25-26H2,(H,28,32). The summed E-state index contributed by atoms with van der Waals surface area (Å²) in [6, 6.07) is 4.92. The SMILES string of the molecule is Nc1sc(-c2c(F)cccc2F)nc1C(=O)Nc1cnc2ccsc2c1N1CCC(O)C(N)C1. The Morgan fingerprint density at radius 3 is 2.76 bits per heavy atom. The zero-order valence-electron chi connectivity index (χ0n) is 17.7. The molecule has 4 aromatic rings. The molecule has 0 aliphatic carbocycles. The minimum Gasteiger partial charge on any atom is -0.391 e. The van der Waals surface area contributed by atoms with Gasteiger partial charge in [0.15, 0.2) is 5.69 Å². The number of anilines is 3. The normalized spacial score (nSPS) is 18.4. The summed E-state index contributed by atoms with van der Waals surface area (Å²) < 4.78 is 29.3. The number of halogens is 2. The van der Waals surface area contributed by atoms with Crippen LogP contribution in [0.1, 0.15) is 16.9 Å². The Balaban J connectivity index is 1.50. The van der Waals surface area contributed by atoms with E-state index in [2.05, 4.69) is 15.3 Å². The van der Waals surface area contributed by atoms with Crippen LogP contribution in [0.15, 0.2) is 35.8 Å². The fourth-order valence-corrected chi connectivity index (χ4v) is 5.76. The molecule has 1 aliphatic heterocycles. The van der Waals surface area contributed by atoms with Crippen LogP contribution in [0.4, 0.5) is 25.2 Å². The maximum Gasteiger partial charge on any atom is 0.277 e. The summed E-state index contributed by atoms with van der Waals surface area (Å²) in [7, 11) is 0. The number of hydrogen-bond donors (Lipinski definition) is 4. The molecule has 1 aromatic carbocycles. The number of piperidine rings is 1. The van der Waals surface area contributed by atoms with Gasteiger partial charge in [-0.2, -0.15) is 0 Å². The van der Waals surface area contributed by atoms with E-state index >= 15 is 0 Å². The van der Waals surface area contributed by atoms with E-state index < -0.39 is 29.7 Å². The second-order valence-corrected chi connectivity index (χ2v) is 9.85. The number of nitrogens with one attached hydrogen (secondary N) is 1. The summed E-state index contributed by atoms with van der Waals surface area (Å²) in [5.41, 5.74) is 13.6. The number of thiazole rings is 1. The summed E-state index contributed by atoms with van der Waals surface area (Å²) in [6.07, 6.45) is 1.43. The van der Waals surface area contributed by atoms with Crippen LogP contribution in [-0.2, 0) is 0 Å². The van der Waals surface area contributed by atoms with E-state index in [4.69, 9.17) is 11.5 Å². The number of fused-ring (bicyclic) bond motifs is 1. The highest BCUT2D eigenvalue weighted by molar-refractivity contribution is 7.19. The molecule has 1 aliphatic rings. The molecule has 8 nitrogen and oxygen atoms in total. The Hall–Kier alpha value is -3.19. The number of nitrogen functional groups attached to an aromatic ring is 1. The molecule has 176 valence electrons. The van der Waals surface area contributed by atoms with Crippen LogP contribution >= 0.6 is 22.7 Å². The number of hydrogen-bond acceptors (Lipinski definition) is 9. The van der Waals surface area contributed by atoms with Crippen LogP contribution in [-0.4, -0.2) is 46.2 Å². The van der Waals surface area contributed by atoms with E-state index in [1.165, 1.54) is 17.4 Å². The molecule has 0 radical (unpaired) electrons. The third kappa shape index (κ3) is 3.98. The van der Waals surface area contributed by atoms with Gasteiger partial charge in [-0.1, -0.05) is 17.4 Å². The first kappa shape index (κ1) is 22.6. The number of carbonyl (C=O) groups is 1. The topological polar surface area (TPSA) is 130 Å². The van der Waals surface area contributed by atoms with Crippen molar-refractivity contribution in [3.63, 3.8) is 0 Å². The number of rotatable bonds is 4. The number of nitrogens with two attached hydrogens (primary N) is 2. The summed E-state index contributed by atoms with van der Waals surface area (Å²) in [5.74, 6) is -2.21. The second-order valence-electron chi connectivity index (χ2n) is 7.90. The van der Waals surface area contributed by atoms with Crippen LogP contribution in [0.3, 0.4) is 0 Å². The molecule has 2 unspecified atom stereocenters. The monoisotopic (exact) mass is 502 g/mol. The first-order chi connectivity index (χ1) is 16.3. The lowest BCUT2D eigenvalue weighted by atomic mass is 10.0. The molecule has 5 rings (SSSR count). The van der Waals surface area contributed by atoms with Gasteiger partial charge in [0, 0.05) is 19.1 Å². The molecular formula is C22H20F2N6O2S2. The molecule has 0 spiro atoms. The molecule has 34 heavy (non-hydrogen) atoms. The summed E-state index contributed by atoms with van der Waals surface area (Å²) in [4.78, 5) is 23.7. The first-order valence-corrected chi connectivity index (χ1v) is 12.1. The lowest BCUT2D eigenvalue weighted by Crippen LogP contribution is -2.51. The van der Waals surface area contributed by atoms with Crippen molar-refractivity contribution in [3.8, 4) is 10.6 Å². The van der Waals surface area contributed by atoms with Crippen molar-refractivity contribution in [2.45, 2.75) is 18.6 Å². The molecule has 1 fully saturated rings. The molecular weight excluding hydrogens is 482 g/mol. The minimum atomic E-state index is -0.793. The van der Waals surface area contributed by atoms with Crippen LogP contribution < -0.4 is 21.7 Å². The van der Waals surface area contributed by atoms with Crippen molar-refractivity contribution in [2.24, 2.45) is 5.73 Å². The number of carbonyl (C=O) groups excluding carboxylic acids is 1. The van der Waals surface area contributed by atoms with Crippen molar-refractivity contribution in [3.05, 3.63) is 53.2 Å². The molecule has 1 amide bonds. The van der Waals surface area contributed by atoms with Crippen molar-refractivity contribution < 1.29 is 18.7 Å². The lowest BCUT2D eigenvalue weighted by Gasteiger charge is -2.36. The predicted octanol–water partition coefficient (Wildman–Crippen LogP) is 3.43. The van der Waals surface area contributed by atoms with E-state index in [0.29, 0.717) is 25.2 Å². The molecule has 0 bridgehead atoms. The Labute approximate surface area is 200 Å². The molecule has 0 saturated carbocycles. The Morgan fingerprint density at radius 2 is 2.03 bits per heavy atom. The molecule has 2 atom stereocenters. The maximum absolute atomic E-state index is 14.2. The third-order valence-electron chi connectivity index (χ3n) is 5.68. The second kappa shape index (κ2) is 8.87. The van der Waals surface area contributed by atoms with E-state index in [1.54, 1.807) is 6.20 Å². The number of pyridine rings is 1. The summed E-state index contributed by atoms with van der Waals surface area (Å²) in [5, 5.41) is 14.8. The Morgan fingerprint density at radius 1 is 1.26 bits per heavy atom. The zero-order chi connectivity index (χ0) is 24.0. The van der Waals surface area contributed by atoms with Gasteiger partial charge in [0.05, 0.1) is 39.5 Å². The van der Waals surface area contributed by atoms with Gasteiger partial charge in [-0.05, 0) is 30.0 Å². The number of benzene rings is 1. The number of aliphatic hydroxyl groups is 1. The van der Waals surface area contributed by atoms with Crippen molar-refractivity contribution in [1.29, 1.82) is 0 Å². The van der Waals surface area contributed by atoms with Gasteiger partial charge < -0.3 is 26.8 Å². The number of amides is 1. The van der Waals surface area contributed by atoms with Crippen molar-refractivity contribution >= 4 is 55.2 Å². The number of nitrogens with zero attached hydrogens (tertiary/aromatic N) is 3. The van der Waals surface area contributed by atoms with Gasteiger partial charge in [-0.25, -0.2) is 13.8 Å². The molecule has 1 saturated heterocycles. The van der Waals surface area contributed by atoms with Crippen LogP contribution in [0.2, 0.25) is 0 Å². The molecule has 6 N–H and O–H groups in total.